The van der Waals surface area contributed by atoms with E-state index in [1.807, 2.05) is 22.7 Å². The number of morpholine rings is 1. The number of carbonyl (C=O) groups is 1. The molecule has 1 aliphatic heterocycles. The summed E-state index contributed by atoms with van der Waals surface area (Å²) in [5.41, 5.74) is 5.23. The number of carbonyl (C=O) groups excluding carboxylic acids is 1. The van der Waals surface area contributed by atoms with Gasteiger partial charge in [0.2, 0.25) is 0 Å². The largest absolute Gasteiger partial charge is 0.378 e. The van der Waals surface area contributed by atoms with Gasteiger partial charge in [-0.05, 0) is 42.4 Å². The molecule has 1 N–H and O–H groups in total. The number of allylic oxidation sites excluding steroid dienone is 2. The maximum Gasteiger partial charge on any atom is 0.283 e. The van der Waals surface area contributed by atoms with Crippen LogP contribution in [0.2, 0.25) is 0 Å². The first-order valence-corrected chi connectivity index (χ1v) is 11.1. The lowest BCUT2D eigenvalue weighted by atomic mass is 9.88. The number of amides is 1. The lowest BCUT2D eigenvalue weighted by molar-refractivity contribution is 0.0303. The van der Waals surface area contributed by atoms with E-state index in [0.29, 0.717) is 31.3 Å². The first-order chi connectivity index (χ1) is 14.2. The highest BCUT2D eigenvalue weighted by molar-refractivity contribution is 7.12. The molecule has 2 aliphatic rings. The number of hydrogen-bond donors (Lipinski definition) is 1. The Labute approximate surface area is 173 Å². The molecule has 1 atom stereocenters. The molecule has 1 aliphatic carbocycles. The molecule has 0 bridgehead atoms. The standard InChI is InChI=1S/C22H24N4O2S/c1-14-2-4-15(5-3-14)16-10-17-18(12-24-20(17)23-11-16)19-13-29-21(25-19)22(27)26-6-8-28-9-7-26/h4,10-14H,2-3,5-9H2,1H3,(H,23,24). The predicted octanol–water partition coefficient (Wildman–Crippen LogP) is 4.36. The highest BCUT2D eigenvalue weighted by Crippen LogP contribution is 2.34. The molecule has 1 saturated heterocycles. The Morgan fingerprint density at radius 2 is 2.21 bits per heavy atom. The normalized spacial score (nSPS) is 20.1. The van der Waals surface area contributed by atoms with E-state index in [0.717, 1.165) is 41.1 Å². The van der Waals surface area contributed by atoms with E-state index in [4.69, 9.17) is 4.74 Å². The number of thiazole rings is 1. The molecular formula is C22H24N4O2S. The van der Waals surface area contributed by atoms with Crippen molar-refractivity contribution in [2.24, 2.45) is 5.92 Å². The van der Waals surface area contributed by atoms with Crippen molar-refractivity contribution < 1.29 is 9.53 Å². The first kappa shape index (κ1) is 18.5. The lowest BCUT2D eigenvalue weighted by Crippen LogP contribution is -2.40. The summed E-state index contributed by atoms with van der Waals surface area (Å²) in [7, 11) is 0. The summed E-state index contributed by atoms with van der Waals surface area (Å²) < 4.78 is 5.34. The summed E-state index contributed by atoms with van der Waals surface area (Å²) in [6.07, 6.45) is 9.71. The molecule has 7 heteroatoms. The Balaban J connectivity index is 1.45. The molecule has 3 aromatic heterocycles. The molecular weight excluding hydrogens is 384 g/mol. The maximum atomic E-state index is 12.7. The van der Waals surface area contributed by atoms with Gasteiger partial charge in [-0.2, -0.15) is 0 Å². The maximum absolute atomic E-state index is 12.7. The smallest absolute Gasteiger partial charge is 0.283 e. The summed E-state index contributed by atoms with van der Waals surface area (Å²) >= 11 is 1.40. The topological polar surface area (TPSA) is 71.1 Å². The van der Waals surface area contributed by atoms with Gasteiger partial charge in [-0.25, -0.2) is 9.97 Å². The van der Waals surface area contributed by atoms with Crippen molar-refractivity contribution in [1.29, 1.82) is 0 Å². The molecule has 6 nitrogen and oxygen atoms in total. The minimum Gasteiger partial charge on any atom is -0.378 e. The number of aromatic nitrogens is 3. The van der Waals surface area contributed by atoms with Crippen LogP contribution in [0.3, 0.4) is 0 Å². The molecule has 3 aromatic rings. The Kier molecular flexibility index (Phi) is 4.93. The van der Waals surface area contributed by atoms with Crippen molar-refractivity contribution in [2.75, 3.05) is 26.3 Å². The Morgan fingerprint density at radius 1 is 1.34 bits per heavy atom. The van der Waals surface area contributed by atoms with Crippen LogP contribution in [0.5, 0.6) is 0 Å². The number of nitrogens with zero attached hydrogens (tertiary/aromatic N) is 3. The minimum atomic E-state index is -0.00955. The summed E-state index contributed by atoms with van der Waals surface area (Å²) in [5.74, 6) is 0.750. The van der Waals surface area contributed by atoms with Crippen LogP contribution in [0.4, 0.5) is 0 Å². The van der Waals surface area contributed by atoms with Crippen LogP contribution in [-0.4, -0.2) is 52.1 Å². The SMILES string of the molecule is CC1CC=C(c2cnc3[nH]cc(-c4csc(C(=O)N5CCOCC5)n4)c3c2)CC1. The van der Waals surface area contributed by atoms with Crippen molar-refractivity contribution in [3.8, 4) is 11.3 Å². The van der Waals surface area contributed by atoms with Crippen molar-refractivity contribution in [3.63, 3.8) is 0 Å². The van der Waals surface area contributed by atoms with Gasteiger partial charge in [0, 0.05) is 41.8 Å². The number of hydrogen-bond acceptors (Lipinski definition) is 5. The van der Waals surface area contributed by atoms with Gasteiger partial charge < -0.3 is 14.6 Å². The van der Waals surface area contributed by atoms with Crippen molar-refractivity contribution in [1.82, 2.24) is 19.9 Å². The number of ether oxygens (including phenoxy) is 1. The van der Waals surface area contributed by atoms with Gasteiger partial charge in [0.1, 0.15) is 5.65 Å². The van der Waals surface area contributed by atoms with Crippen LogP contribution >= 0.6 is 11.3 Å². The summed E-state index contributed by atoms with van der Waals surface area (Å²) in [6, 6.07) is 2.21. The average Bonchev–Trinajstić information content (AvgIpc) is 3.41. The molecule has 1 fully saturated rings. The molecule has 0 saturated carbocycles. The third kappa shape index (κ3) is 3.60. The highest BCUT2D eigenvalue weighted by atomic mass is 32.1. The highest BCUT2D eigenvalue weighted by Gasteiger charge is 2.22. The molecule has 4 heterocycles. The van der Waals surface area contributed by atoms with E-state index in [2.05, 4.69) is 34.0 Å². The quantitative estimate of drug-likeness (QED) is 0.699. The van der Waals surface area contributed by atoms with Crippen molar-refractivity contribution in [3.05, 3.63) is 40.5 Å². The zero-order valence-electron chi connectivity index (χ0n) is 16.5. The molecule has 5 rings (SSSR count). The molecule has 0 radical (unpaired) electrons. The second-order valence-corrected chi connectivity index (χ2v) is 8.73. The summed E-state index contributed by atoms with van der Waals surface area (Å²) in [5, 5.41) is 3.55. The average molecular weight is 409 g/mol. The fourth-order valence-electron chi connectivity index (χ4n) is 4.02. The van der Waals surface area contributed by atoms with E-state index >= 15 is 0 Å². The zero-order chi connectivity index (χ0) is 19.8. The number of rotatable bonds is 3. The van der Waals surface area contributed by atoms with E-state index in [9.17, 15) is 4.79 Å². The van der Waals surface area contributed by atoms with E-state index in [1.165, 1.54) is 28.9 Å². The van der Waals surface area contributed by atoms with E-state index in [1.54, 1.807) is 0 Å². The van der Waals surface area contributed by atoms with Gasteiger partial charge in [-0.15, -0.1) is 11.3 Å². The van der Waals surface area contributed by atoms with Crippen LogP contribution in [0.1, 0.15) is 41.6 Å². The summed E-state index contributed by atoms with van der Waals surface area (Å²) in [4.78, 5) is 27.1. The first-order valence-electron chi connectivity index (χ1n) is 10.2. The molecule has 0 aromatic carbocycles. The number of nitrogens with one attached hydrogen (secondary N) is 1. The molecule has 1 unspecified atom stereocenters. The third-order valence-electron chi connectivity index (χ3n) is 5.84. The van der Waals surface area contributed by atoms with Gasteiger partial charge >= 0.3 is 0 Å². The summed E-state index contributed by atoms with van der Waals surface area (Å²) in [6.45, 7) is 4.74. The van der Waals surface area contributed by atoms with Crippen molar-refractivity contribution >= 4 is 33.9 Å². The Morgan fingerprint density at radius 3 is 3.00 bits per heavy atom. The second kappa shape index (κ2) is 7.72. The molecule has 1 amide bonds. The second-order valence-electron chi connectivity index (χ2n) is 7.87. The molecule has 29 heavy (non-hydrogen) atoms. The van der Waals surface area contributed by atoms with Crippen LogP contribution in [-0.2, 0) is 4.74 Å². The lowest BCUT2D eigenvalue weighted by Gasteiger charge is -2.25. The van der Waals surface area contributed by atoms with Gasteiger partial charge in [-0.1, -0.05) is 13.0 Å². The van der Waals surface area contributed by atoms with Crippen LogP contribution in [0.25, 0.3) is 27.9 Å². The number of pyridine rings is 1. The fourth-order valence-corrected chi connectivity index (χ4v) is 4.80. The van der Waals surface area contributed by atoms with Crippen molar-refractivity contribution in [2.45, 2.75) is 26.2 Å². The number of aromatic amines is 1. The van der Waals surface area contributed by atoms with Crippen LogP contribution in [0.15, 0.2) is 29.9 Å². The monoisotopic (exact) mass is 408 g/mol. The Bertz CT molecular complexity index is 1080. The fraction of sp³-hybridized carbons (Fsp3) is 0.409. The van der Waals surface area contributed by atoms with Crippen LogP contribution in [0, 0.1) is 5.92 Å². The van der Waals surface area contributed by atoms with E-state index < -0.39 is 0 Å². The number of H-pyrrole nitrogens is 1. The zero-order valence-corrected chi connectivity index (χ0v) is 17.3. The Hall–Kier alpha value is -2.51. The van der Waals surface area contributed by atoms with Crippen LogP contribution < -0.4 is 0 Å². The van der Waals surface area contributed by atoms with Gasteiger partial charge in [0.05, 0.1) is 18.9 Å². The predicted molar refractivity (Wildman–Crippen MR) is 115 cm³/mol. The minimum absolute atomic E-state index is 0.00955. The van der Waals surface area contributed by atoms with Gasteiger partial charge in [-0.3, -0.25) is 4.79 Å². The molecule has 0 spiro atoms. The molecule has 150 valence electrons. The van der Waals surface area contributed by atoms with E-state index in [-0.39, 0.29) is 5.91 Å². The van der Waals surface area contributed by atoms with Gasteiger partial charge in [0.25, 0.3) is 5.91 Å². The van der Waals surface area contributed by atoms with Gasteiger partial charge in [0.15, 0.2) is 5.01 Å². The number of fused-ring (bicyclic) bond motifs is 1. The third-order valence-corrected chi connectivity index (χ3v) is 6.67.